The summed E-state index contributed by atoms with van der Waals surface area (Å²) in [6.45, 7) is 9.40. The monoisotopic (exact) mass is 469 g/mol. The largest absolute Gasteiger partial charge is 0.490 e. The first-order valence-electron chi connectivity index (χ1n) is 11.7. The number of rotatable bonds is 7. The zero-order valence-electron chi connectivity index (χ0n) is 19.7. The van der Waals surface area contributed by atoms with E-state index in [4.69, 9.17) is 14.5 Å². The number of benzene rings is 1. The summed E-state index contributed by atoms with van der Waals surface area (Å²) in [5.74, 6) is 1.99. The molecule has 176 valence electrons. The van der Waals surface area contributed by atoms with Crippen molar-refractivity contribution < 1.29 is 14.3 Å². The van der Waals surface area contributed by atoms with Crippen molar-refractivity contribution in [2.24, 2.45) is 0 Å². The Kier molecular flexibility index (Phi) is 7.02. The van der Waals surface area contributed by atoms with Crippen LogP contribution < -0.4 is 20.3 Å². The Morgan fingerprint density at radius 1 is 1.18 bits per heavy atom. The van der Waals surface area contributed by atoms with Crippen LogP contribution in [-0.4, -0.2) is 28.7 Å². The minimum absolute atomic E-state index is 0.0226. The second-order valence-electron chi connectivity index (χ2n) is 8.30. The Labute approximate surface area is 197 Å². The summed E-state index contributed by atoms with van der Waals surface area (Å²) in [5.41, 5.74) is 1.60. The molecule has 3 aromatic rings. The normalized spacial score (nSPS) is 14.4. The molecule has 3 heterocycles. The average molecular weight is 470 g/mol. The van der Waals surface area contributed by atoms with Crippen molar-refractivity contribution in [3.05, 3.63) is 50.4 Å². The van der Waals surface area contributed by atoms with Crippen LogP contribution in [0.1, 0.15) is 72.7 Å². The van der Waals surface area contributed by atoms with Crippen LogP contribution in [0.4, 0.5) is 0 Å². The highest BCUT2D eigenvalue weighted by molar-refractivity contribution is 7.20. The standard InChI is InChI=1S/C25H31N3O4S/c1-5-31-18-12-11-17(14-19(18)32-6-2)16(4)26-23(29)22-15(3)21-24(33-22)27-20-10-8-7-9-13-28(20)25(21)30/h11-12,14,16H,5-10,13H2,1-4H3,(H,26,29)/t16-/m0/s1. The number of hydrogen-bond acceptors (Lipinski definition) is 6. The minimum atomic E-state index is -0.247. The van der Waals surface area contributed by atoms with Gasteiger partial charge in [0.1, 0.15) is 10.7 Å². The Morgan fingerprint density at radius 3 is 2.70 bits per heavy atom. The SMILES string of the molecule is CCOc1ccc([C@H](C)NC(=O)c2sc3nc4n(c(=O)c3c2C)CCCCC4)cc1OCC. The van der Waals surface area contributed by atoms with Gasteiger partial charge in [0.2, 0.25) is 0 Å². The van der Waals surface area contributed by atoms with Crippen molar-refractivity contribution in [2.75, 3.05) is 13.2 Å². The first kappa shape index (κ1) is 23.3. The van der Waals surface area contributed by atoms with Crippen LogP contribution in [0, 0.1) is 6.92 Å². The molecule has 33 heavy (non-hydrogen) atoms. The van der Waals surface area contributed by atoms with Gasteiger partial charge in [-0.1, -0.05) is 12.5 Å². The van der Waals surface area contributed by atoms with Gasteiger partial charge in [-0.25, -0.2) is 4.98 Å². The van der Waals surface area contributed by atoms with Crippen LogP contribution in [0.3, 0.4) is 0 Å². The second kappa shape index (κ2) is 9.95. The zero-order valence-corrected chi connectivity index (χ0v) is 20.5. The number of hydrogen-bond donors (Lipinski definition) is 1. The fourth-order valence-corrected chi connectivity index (χ4v) is 5.40. The maximum atomic E-state index is 13.2. The van der Waals surface area contributed by atoms with E-state index < -0.39 is 0 Å². The molecule has 2 aromatic heterocycles. The molecule has 1 N–H and O–H groups in total. The predicted molar refractivity (Wildman–Crippen MR) is 131 cm³/mol. The molecule has 0 saturated carbocycles. The van der Waals surface area contributed by atoms with E-state index in [0.717, 1.165) is 37.1 Å². The van der Waals surface area contributed by atoms with Crippen molar-refractivity contribution in [1.82, 2.24) is 14.9 Å². The predicted octanol–water partition coefficient (Wildman–Crippen LogP) is 4.78. The maximum Gasteiger partial charge on any atom is 0.262 e. The van der Waals surface area contributed by atoms with Crippen LogP contribution in [0.5, 0.6) is 11.5 Å². The Morgan fingerprint density at radius 2 is 1.94 bits per heavy atom. The summed E-state index contributed by atoms with van der Waals surface area (Å²) in [6, 6.07) is 5.46. The zero-order chi connectivity index (χ0) is 23.5. The number of carbonyl (C=O) groups is 1. The third kappa shape index (κ3) is 4.62. The molecule has 1 amide bonds. The first-order valence-corrected chi connectivity index (χ1v) is 12.5. The van der Waals surface area contributed by atoms with E-state index in [0.29, 0.717) is 51.9 Å². The van der Waals surface area contributed by atoms with Crippen molar-refractivity contribution in [3.8, 4) is 11.5 Å². The molecule has 0 saturated heterocycles. The first-order chi connectivity index (χ1) is 15.9. The van der Waals surface area contributed by atoms with Crippen LogP contribution >= 0.6 is 11.3 Å². The van der Waals surface area contributed by atoms with E-state index in [-0.39, 0.29) is 17.5 Å². The van der Waals surface area contributed by atoms with Crippen molar-refractivity contribution in [1.29, 1.82) is 0 Å². The molecule has 7 nitrogen and oxygen atoms in total. The molecular formula is C25H31N3O4S. The van der Waals surface area contributed by atoms with Gasteiger partial charge in [-0.05, 0) is 63.8 Å². The Hall–Kier alpha value is -2.87. The molecule has 0 radical (unpaired) electrons. The van der Waals surface area contributed by atoms with Gasteiger partial charge in [-0.3, -0.25) is 14.2 Å². The highest BCUT2D eigenvalue weighted by Gasteiger charge is 2.23. The molecule has 1 atom stereocenters. The summed E-state index contributed by atoms with van der Waals surface area (Å²) in [7, 11) is 0. The molecule has 0 aliphatic carbocycles. The molecule has 0 bridgehead atoms. The van der Waals surface area contributed by atoms with Crippen molar-refractivity contribution >= 4 is 27.5 Å². The number of aromatic nitrogens is 2. The van der Waals surface area contributed by atoms with E-state index in [2.05, 4.69) is 5.32 Å². The van der Waals surface area contributed by atoms with Crippen molar-refractivity contribution in [3.63, 3.8) is 0 Å². The van der Waals surface area contributed by atoms with Crippen molar-refractivity contribution in [2.45, 2.75) is 66.0 Å². The molecule has 0 spiro atoms. The van der Waals surface area contributed by atoms with E-state index in [1.807, 2.05) is 45.9 Å². The number of carbonyl (C=O) groups excluding carboxylic acids is 1. The molecule has 1 aromatic carbocycles. The lowest BCUT2D eigenvalue weighted by atomic mass is 10.1. The summed E-state index contributed by atoms with van der Waals surface area (Å²) in [6.07, 6.45) is 3.94. The minimum Gasteiger partial charge on any atom is -0.490 e. The molecule has 8 heteroatoms. The topological polar surface area (TPSA) is 82.5 Å². The summed E-state index contributed by atoms with van der Waals surface area (Å²) >= 11 is 1.30. The number of ether oxygens (including phenoxy) is 2. The fraction of sp³-hybridized carbons (Fsp3) is 0.480. The number of thiophene rings is 1. The number of amides is 1. The van der Waals surface area contributed by atoms with Crippen LogP contribution in [0.25, 0.3) is 10.2 Å². The highest BCUT2D eigenvalue weighted by atomic mass is 32.1. The van der Waals surface area contributed by atoms with Gasteiger partial charge in [0.15, 0.2) is 11.5 Å². The molecule has 1 aliphatic heterocycles. The smallest absolute Gasteiger partial charge is 0.262 e. The summed E-state index contributed by atoms with van der Waals surface area (Å²) in [4.78, 5) is 32.3. The van der Waals surface area contributed by atoms with Crippen LogP contribution in [0.2, 0.25) is 0 Å². The quantitative estimate of drug-likeness (QED) is 0.538. The Balaban J connectivity index is 1.61. The lowest BCUT2D eigenvalue weighted by molar-refractivity contribution is 0.0943. The van der Waals surface area contributed by atoms with Gasteiger partial charge < -0.3 is 14.8 Å². The van der Waals surface area contributed by atoms with E-state index in [9.17, 15) is 9.59 Å². The van der Waals surface area contributed by atoms with Gasteiger partial charge in [0, 0.05) is 13.0 Å². The third-order valence-corrected chi connectivity index (χ3v) is 7.22. The molecule has 0 unspecified atom stereocenters. The van der Waals surface area contributed by atoms with Gasteiger partial charge in [-0.2, -0.15) is 0 Å². The molecule has 4 rings (SSSR count). The number of nitrogens with zero attached hydrogens (tertiary/aromatic N) is 2. The lowest BCUT2D eigenvalue weighted by Gasteiger charge is -2.17. The summed E-state index contributed by atoms with van der Waals surface area (Å²) < 4.78 is 13.2. The van der Waals surface area contributed by atoms with E-state index >= 15 is 0 Å². The maximum absolute atomic E-state index is 13.2. The third-order valence-electron chi connectivity index (χ3n) is 6.03. The van der Waals surface area contributed by atoms with Gasteiger partial charge in [-0.15, -0.1) is 11.3 Å². The highest BCUT2D eigenvalue weighted by Crippen LogP contribution is 2.32. The lowest BCUT2D eigenvalue weighted by Crippen LogP contribution is -2.27. The molecular weight excluding hydrogens is 438 g/mol. The molecule has 0 fully saturated rings. The number of fused-ring (bicyclic) bond motifs is 2. The van der Waals surface area contributed by atoms with E-state index in [1.165, 1.54) is 11.3 Å². The second-order valence-corrected chi connectivity index (χ2v) is 9.30. The Bertz CT molecular complexity index is 1230. The number of nitrogens with one attached hydrogen (secondary N) is 1. The van der Waals surface area contributed by atoms with Crippen LogP contribution in [0.15, 0.2) is 23.0 Å². The number of aryl methyl sites for hydroxylation is 2. The van der Waals surface area contributed by atoms with Gasteiger partial charge in [0.25, 0.3) is 11.5 Å². The fourth-order valence-electron chi connectivity index (χ4n) is 4.31. The average Bonchev–Trinajstić information content (AvgIpc) is 2.95. The van der Waals surface area contributed by atoms with E-state index in [1.54, 1.807) is 4.57 Å². The van der Waals surface area contributed by atoms with Gasteiger partial charge in [0.05, 0.1) is 29.5 Å². The van der Waals surface area contributed by atoms with Gasteiger partial charge >= 0.3 is 0 Å². The summed E-state index contributed by atoms with van der Waals surface area (Å²) in [5, 5.41) is 3.64. The molecule has 1 aliphatic rings. The van der Waals surface area contributed by atoms with Crippen LogP contribution in [-0.2, 0) is 13.0 Å².